The van der Waals surface area contributed by atoms with Gasteiger partial charge in [0.1, 0.15) is 0 Å². The molecule has 5 heteroatoms. The molecule has 1 aromatic carbocycles. The number of benzene rings is 1. The Morgan fingerprint density at radius 3 is 2.57 bits per heavy atom. The van der Waals surface area contributed by atoms with Crippen molar-refractivity contribution in [3.05, 3.63) is 35.9 Å². The highest BCUT2D eigenvalue weighted by molar-refractivity contribution is 5.80. The number of alkyl halides is 2. The first-order valence-electron chi connectivity index (χ1n) is 8.25. The average Bonchev–Trinajstić information content (AvgIpc) is 3.27. The van der Waals surface area contributed by atoms with Crippen LogP contribution in [0.4, 0.5) is 8.78 Å². The van der Waals surface area contributed by atoms with Crippen molar-refractivity contribution in [2.24, 2.45) is 11.3 Å². The van der Waals surface area contributed by atoms with Crippen LogP contribution in [0, 0.1) is 11.3 Å². The standard InChI is InChI=1S/C18H23F2NO2/c1-3-23-16(22)17(9-10-17)15-11-21(12-18(15,19)20)13(2)14-7-5-4-6-8-14/h4-8,13,15H,3,9-12H2,1-2H3. The van der Waals surface area contributed by atoms with Gasteiger partial charge in [-0.2, -0.15) is 0 Å². The van der Waals surface area contributed by atoms with Crippen LogP contribution in [0.2, 0.25) is 0 Å². The fourth-order valence-corrected chi connectivity index (χ4v) is 3.73. The predicted molar refractivity (Wildman–Crippen MR) is 83.2 cm³/mol. The maximum atomic E-state index is 14.6. The van der Waals surface area contributed by atoms with Gasteiger partial charge in [-0.3, -0.25) is 9.69 Å². The van der Waals surface area contributed by atoms with Crippen LogP contribution in [0.5, 0.6) is 0 Å². The summed E-state index contributed by atoms with van der Waals surface area (Å²) >= 11 is 0. The summed E-state index contributed by atoms with van der Waals surface area (Å²) < 4.78 is 34.3. The summed E-state index contributed by atoms with van der Waals surface area (Å²) in [6, 6.07) is 9.56. The van der Waals surface area contributed by atoms with E-state index in [2.05, 4.69) is 0 Å². The molecule has 1 heterocycles. The topological polar surface area (TPSA) is 29.5 Å². The number of esters is 1. The summed E-state index contributed by atoms with van der Waals surface area (Å²) in [6.07, 6.45) is 1.03. The molecule has 0 spiro atoms. The second-order valence-corrected chi connectivity index (χ2v) is 6.71. The zero-order chi connectivity index (χ0) is 16.7. The zero-order valence-corrected chi connectivity index (χ0v) is 13.6. The molecule has 1 aliphatic carbocycles. The van der Waals surface area contributed by atoms with Gasteiger partial charge >= 0.3 is 5.97 Å². The summed E-state index contributed by atoms with van der Waals surface area (Å²) in [5.74, 6) is -4.24. The van der Waals surface area contributed by atoms with Crippen LogP contribution in [0.25, 0.3) is 0 Å². The van der Waals surface area contributed by atoms with Crippen molar-refractivity contribution in [1.29, 1.82) is 0 Å². The van der Waals surface area contributed by atoms with Gasteiger partial charge in [0.05, 0.1) is 24.5 Å². The maximum absolute atomic E-state index is 14.6. The minimum atomic E-state index is -2.85. The van der Waals surface area contributed by atoms with Crippen molar-refractivity contribution >= 4 is 5.97 Å². The molecule has 0 N–H and O–H groups in total. The van der Waals surface area contributed by atoms with Crippen LogP contribution in [-0.2, 0) is 9.53 Å². The number of hydrogen-bond acceptors (Lipinski definition) is 3. The molecule has 1 saturated heterocycles. The Morgan fingerprint density at radius 2 is 2.00 bits per heavy atom. The Bertz CT molecular complexity index is 572. The van der Waals surface area contributed by atoms with Crippen LogP contribution in [0.3, 0.4) is 0 Å². The molecule has 0 radical (unpaired) electrons. The number of carbonyl (C=O) groups excluding carboxylic acids is 1. The van der Waals surface area contributed by atoms with Gasteiger partial charge < -0.3 is 4.74 Å². The Labute approximate surface area is 135 Å². The van der Waals surface area contributed by atoms with Gasteiger partial charge in [0.2, 0.25) is 0 Å². The summed E-state index contributed by atoms with van der Waals surface area (Å²) in [4.78, 5) is 14.0. The van der Waals surface area contributed by atoms with Crippen molar-refractivity contribution in [2.75, 3.05) is 19.7 Å². The maximum Gasteiger partial charge on any atom is 0.312 e. The molecule has 126 valence electrons. The number of rotatable bonds is 5. The number of ether oxygens (including phenoxy) is 1. The zero-order valence-electron chi connectivity index (χ0n) is 13.6. The lowest BCUT2D eigenvalue weighted by Gasteiger charge is -2.26. The summed E-state index contributed by atoms with van der Waals surface area (Å²) in [5.41, 5.74) is 0.0509. The smallest absolute Gasteiger partial charge is 0.312 e. The van der Waals surface area contributed by atoms with Gasteiger partial charge in [0.25, 0.3) is 5.92 Å². The molecule has 2 fully saturated rings. The highest BCUT2D eigenvalue weighted by atomic mass is 19.3. The Morgan fingerprint density at radius 1 is 1.35 bits per heavy atom. The first-order valence-corrected chi connectivity index (χ1v) is 8.25. The fraction of sp³-hybridized carbons (Fsp3) is 0.611. The van der Waals surface area contributed by atoms with Crippen molar-refractivity contribution in [2.45, 2.75) is 38.7 Å². The van der Waals surface area contributed by atoms with E-state index in [1.807, 2.05) is 37.3 Å². The Balaban J connectivity index is 1.78. The van der Waals surface area contributed by atoms with Gasteiger partial charge in [-0.05, 0) is 32.3 Å². The average molecular weight is 323 g/mol. The molecule has 3 nitrogen and oxygen atoms in total. The monoisotopic (exact) mass is 323 g/mol. The number of carbonyl (C=O) groups is 1. The molecule has 2 atom stereocenters. The van der Waals surface area contributed by atoms with Gasteiger partial charge in [-0.15, -0.1) is 0 Å². The third-order valence-corrected chi connectivity index (χ3v) is 5.31. The molecule has 1 aromatic rings. The van der Waals surface area contributed by atoms with Crippen molar-refractivity contribution in [1.82, 2.24) is 4.90 Å². The SMILES string of the molecule is CCOC(=O)C1(C2CN(C(C)c3ccccc3)CC2(F)F)CC1. The Kier molecular flexibility index (Phi) is 4.17. The van der Waals surface area contributed by atoms with E-state index in [1.165, 1.54) is 0 Å². The second kappa shape index (κ2) is 5.86. The lowest BCUT2D eigenvalue weighted by atomic mass is 9.86. The highest BCUT2D eigenvalue weighted by Crippen LogP contribution is 2.60. The molecular formula is C18H23F2NO2. The number of nitrogens with zero attached hydrogens (tertiary/aromatic N) is 1. The second-order valence-electron chi connectivity index (χ2n) is 6.71. The lowest BCUT2D eigenvalue weighted by Crippen LogP contribution is -2.39. The summed E-state index contributed by atoms with van der Waals surface area (Å²) in [5, 5.41) is 0. The van der Waals surface area contributed by atoms with E-state index in [-0.39, 0.29) is 25.7 Å². The number of likely N-dealkylation sites (tertiary alicyclic amines) is 1. The molecule has 3 rings (SSSR count). The van der Waals surface area contributed by atoms with Crippen LogP contribution in [-0.4, -0.2) is 36.5 Å². The molecule has 2 unspecified atom stereocenters. The van der Waals surface area contributed by atoms with Gasteiger partial charge in [-0.25, -0.2) is 8.78 Å². The van der Waals surface area contributed by atoms with E-state index < -0.39 is 23.2 Å². The molecule has 0 aromatic heterocycles. The fourth-order valence-electron chi connectivity index (χ4n) is 3.73. The Hall–Kier alpha value is -1.49. The van der Waals surface area contributed by atoms with Gasteiger partial charge in [0, 0.05) is 12.6 Å². The van der Waals surface area contributed by atoms with E-state index in [0.29, 0.717) is 12.8 Å². The molecule has 1 saturated carbocycles. The van der Waals surface area contributed by atoms with Crippen molar-refractivity contribution in [3.63, 3.8) is 0 Å². The number of hydrogen-bond donors (Lipinski definition) is 0. The minimum Gasteiger partial charge on any atom is -0.466 e. The van der Waals surface area contributed by atoms with Crippen LogP contribution in [0.1, 0.15) is 38.3 Å². The largest absolute Gasteiger partial charge is 0.466 e. The molecular weight excluding hydrogens is 300 g/mol. The number of halogens is 2. The molecule has 23 heavy (non-hydrogen) atoms. The molecule has 0 amide bonds. The first kappa shape index (κ1) is 16.4. The van der Waals surface area contributed by atoms with Crippen LogP contribution in [0.15, 0.2) is 30.3 Å². The van der Waals surface area contributed by atoms with Crippen molar-refractivity contribution in [3.8, 4) is 0 Å². The van der Waals surface area contributed by atoms with E-state index in [9.17, 15) is 13.6 Å². The molecule has 0 bridgehead atoms. The van der Waals surface area contributed by atoms with Gasteiger partial charge in [-0.1, -0.05) is 30.3 Å². The molecule has 2 aliphatic rings. The predicted octanol–water partition coefficient (Wildman–Crippen LogP) is 3.66. The summed E-state index contributed by atoms with van der Waals surface area (Å²) in [7, 11) is 0. The molecule has 1 aliphatic heterocycles. The quantitative estimate of drug-likeness (QED) is 0.775. The van der Waals surface area contributed by atoms with E-state index in [0.717, 1.165) is 5.56 Å². The lowest BCUT2D eigenvalue weighted by molar-refractivity contribution is -0.158. The van der Waals surface area contributed by atoms with Crippen LogP contribution >= 0.6 is 0 Å². The van der Waals surface area contributed by atoms with Gasteiger partial charge in [0.15, 0.2) is 0 Å². The minimum absolute atomic E-state index is 0.0925. The first-order chi connectivity index (χ1) is 10.9. The third kappa shape index (κ3) is 2.87. The third-order valence-electron chi connectivity index (χ3n) is 5.31. The van der Waals surface area contributed by atoms with Crippen LogP contribution < -0.4 is 0 Å². The summed E-state index contributed by atoms with van der Waals surface area (Å²) in [6.45, 7) is 3.84. The normalized spacial score (nSPS) is 26.7. The van der Waals surface area contributed by atoms with E-state index in [1.54, 1.807) is 11.8 Å². The van der Waals surface area contributed by atoms with Crippen molar-refractivity contribution < 1.29 is 18.3 Å². The van der Waals surface area contributed by atoms with E-state index >= 15 is 0 Å². The highest BCUT2D eigenvalue weighted by Gasteiger charge is 2.67. The van der Waals surface area contributed by atoms with E-state index in [4.69, 9.17) is 4.74 Å².